The maximum absolute atomic E-state index is 11.5. The first-order valence-corrected chi connectivity index (χ1v) is 5.19. The number of nitrogens with two attached hydrogens (primary N) is 1. The van der Waals surface area contributed by atoms with Crippen LogP contribution in [0.2, 0.25) is 0 Å². The van der Waals surface area contributed by atoms with E-state index in [1.807, 2.05) is 26.8 Å². The van der Waals surface area contributed by atoms with Gasteiger partial charge in [0.15, 0.2) is 0 Å². The van der Waals surface area contributed by atoms with E-state index in [-0.39, 0.29) is 12.4 Å². The van der Waals surface area contributed by atoms with Crippen LogP contribution in [0.15, 0.2) is 23.0 Å². The van der Waals surface area contributed by atoms with Crippen molar-refractivity contribution in [1.82, 2.24) is 0 Å². The highest BCUT2D eigenvalue weighted by Gasteiger charge is 2.42. The van der Waals surface area contributed by atoms with E-state index in [9.17, 15) is 4.79 Å². The average Bonchev–Trinajstić information content (AvgIpc) is 2.68. The predicted molar refractivity (Wildman–Crippen MR) is 61.0 cm³/mol. The van der Waals surface area contributed by atoms with Crippen LogP contribution in [0.1, 0.15) is 32.8 Å². The summed E-state index contributed by atoms with van der Waals surface area (Å²) in [6.07, 6.45) is 3.43. The highest BCUT2D eigenvalue weighted by atomic mass is 16.5. The third kappa shape index (κ3) is 2.27. The average molecular weight is 225 g/mol. The Labute approximate surface area is 95.8 Å². The number of esters is 1. The van der Waals surface area contributed by atoms with Crippen LogP contribution in [-0.2, 0) is 14.9 Å². The molecule has 0 saturated heterocycles. The lowest BCUT2D eigenvalue weighted by Crippen LogP contribution is -2.53. The number of hydrogen-bond donors (Lipinski definition) is 1. The normalized spacial score (nSPS) is 15.6. The molecule has 1 unspecified atom stereocenters. The van der Waals surface area contributed by atoms with Crippen molar-refractivity contribution in [2.24, 2.45) is 5.73 Å². The summed E-state index contributed by atoms with van der Waals surface area (Å²) in [4.78, 5) is 11.5. The second-order valence-corrected chi connectivity index (χ2v) is 4.82. The summed E-state index contributed by atoms with van der Waals surface area (Å²) in [5.74, 6) is -0.276. The fourth-order valence-electron chi connectivity index (χ4n) is 1.64. The Hall–Kier alpha value is -1.29. The minimum Gasteiger partial charge on any atom is -0.472 e. The molecule has 0 aromatic carbocycles. The first kappa shape index (κ1) is 12.8. The highest BCUT2D eigenvalue weighted by Crippen LogP contribution is 2.37. The monoisotopic (exact) mass is 225 g/mol. The largest absolute Gasteiger partial charge is 0.472 e. The molecule has 0 amide bonds. The van der Waals surface area contributed by atoms with Crippen molar-refractivity contribution in [3.63, 3.8) is 0 Å². The lowest BCUT2D eigenvalue weighted by atomic mass is 9.67. The van der Waals surface area contributed by atoms with E-state index < -0.39 is 11.0 Å². The van der Waals surface area contributed by atoms with Crippen LogP contribution in [0.5, 0.6) is 0 Å². The predicted octanol–water partition coefficient (Wildman–Crippen LogP) is 1.84. The van der Waals surface area contributed by atoms with Crippen LogP contribution in [0.3, 0.4) is 0 Å². The van der Waals surface area contributed by atoms with E-state index in [0.29, 0.717) is 0 Å². The summed E-state index contributed by atoms with van der Waals surface area (Å²) in [5, 5.41) is 0. The van der Waals surface area contributed by atoms with Crippen molar-refractivity contribution in [2.45, 2.75) is 38.1 Å². The quantitative estimate of drug-likeness (QED) is 0.794. The molecule has 1 aromatic heterocycles. The molecule has 0 fully saturated rings. The zero-order valence-electron chi connectivity index (χ0n) is 10.2. The van der Waals surface area contributed by atoms with Crippen molar-refractivity contribution >= 4 is 5.97 Å². The molecule has 16 heavy (non-hydrogen) atoms. The van der Waals surface area contributed by atoms with Crippen LogP contribution in [0.4, 0.5) is 0 Å². The fourth-order valence-corrected chi connectivity index (χ4v) is 1.64. The van der Waals surface area contributed by atoms with Gasteiger partial charge in [-0.1, -0.05) is 6.92 Å². The Morgan fingerprint density at radius 2 is 2.12 bits per heavy atom. The van der Waals surface area contributed by atoms with Crippen LogP contribution >= 0.6 is 0 Å². The third-order valence-electron chi connectivity index (χ3n) is 3.31. The smallest absolute Gasteiger partial charge is 0.306 e. The van der Waals surface area contributed by atoms with Gasteiger partial charge in [-0.2, -0.15) is 0 Å². The zero-order valence-corrected chi connectivity index (χ0v) is 10.2. The summed E-state index contributed by atoms with van der Waals surface area (Å²) < 4.78 is 9.78. The maximum Gasteiger partial charge on any atom is 0.306 e. The first-order valence-electron chi connectivity index (χ1n) is 5.19. The molecule has 90 valence electrons. The van der Waals surface area contributed by atoms with Gasteiger partial charge in [-0.25, -0.2) is 0 Å². The SMILES string of the molecule is COC(=O)CC(C)(c1ccoc1)C(C)(C)N. The van der Waals surface area contributed by atoms with Gasteiger partial charge in [-0.15, -0.1) is 0 Å². The number of carbonyl (C=O) groups is 1. The van der Waals surface area contributed by atoms with Crippen molar-refractivity contribution < 1.29 is 13.9 Å². The molecule has 0 radical (unpaired) electrons. The van der Waals surface area contributed by atoms with Crippen LogP contribution in [0, 0.1) is 0 Å². The standard InChI is InChI=1S/C12H19NO3/c1-11(2,13)12(3,7-10(14)15-4)9-5-6-16-8-9/h5-6,8H,7,13H2,1-4H3. The molecule has 0 bridgehead atoms. The van der Waals surface area contributed by atoms with Gasteiger partial charge in [0, 0.05) is 11.0 Å². The summed E-state index contributed by atoms with van der Waals surface area (Å²) in [6, 6.07) is 1.83. The number of ether oxygens (including phenoxy) is 1. The molecule has 0 saturated carbocycles. The first-order chi connectivity index (χ1) is 7.31. The Bertz CT molecular complexity index is 351. The van der Waals surface area contributed by atoms with Gasteiger partial charge >= 0.3 is 5.97 Å². The minimum absolute atomic E-state index is 0.229. The molecule has 4 heteroatoms. The van der Waals surface area contributed by atoms with Gasteiger partial charge in [0.05, 0.1) is 26.1 Å². The molecule has 2 N–H and O–H groups in total. The van der Waals surface area contributed by atoms with Crippen molar-refractivity contribution in [3.05, 3.63) is 24.2 Å². The van der Waals surface area contributed by atoms with Crippen LogP contribution < -0.4 is 5.73 Å². The molecule has 4 nitrogen and oxygen atoms in total. The number of carbonyl (C=O) groups excluding carboxylic acids is 1. The van der Waals surface area contributed by atoms with Gasteiger partial charge in [0.2, 0.25) is 0 Å². The lowest BCUT2D eigenvalue weighted by molar-refractivity contribution is -0.142. The molecule has 0 aliphatic heterocycles. The van der Waals surface area contributed by atoms with Crippen LogP contribution in [0.25, 0.3) is 0 Å². The van der Waals surface area contributed by atoms with Crippen LogP contribution in [-0.4, -0.2) is 18.6 Å². The molecular weight excluding hydrogens is 206 g/mol. The van der Waals surface area contributed by atoms with E-state index in [1.165, 1.54) is 7.11 Å². The van der Waals surface area contributed by atoms with Gasteiger partial charge in [0.25, 0.3) is 0 Å². The molecular formula is C12H19NO3. The van der Waals surface area contributed by atoms with E-state index in [2.05, 4.69) is 0 Å². The van der Waals surface area contributed by atoms with E-state index in [4.69, 9.17) is 14.9 Å². The summed E-state index contributed by atoms with van der Waals surface area (Å²) in [5.41, 5.74) is 6.01. The van der Waals surface area contributed by atoms with Gasteiger partial charge in [-0.05, 0) is 25.5 Å². The number of methoxy groups -OCH3 is 1. The molecule has 1 atom stereocenters. The topological polar surface area (TPSA) is 65.5 Å². The van der Waals surface area contributed by atoms with E-state index >= 15 is 0 Å². The number of hydrogen-bond acceptors (Lipinski definition) is 4. The summed E-state index contributed by atoms with van der Waals surface area (Å²) in [6.45, 7) is 5.72. The van der Waals surface area contributed by atoms with Crippen molar-refractivity contribution in [3.8, 4) is 0 Å². The fraction of sp³-hybridized carbons (Fsp3) is 0.583. The second kappa shape index (κ2) is 4.29. The second-order valence-electron chi connectivity index (χ2n) is 4.82. The van der Waals surface area contributed by atoms with Gasteiger partial charge in [-0.3, -0.25) is 4.79 Å². The van der Waals surface area contributed by atoms with Gasteiger partial charge < -0.3 is 14.9 Å². The van der Waals surface area contributed by atoms with E-state index in [0.717, 1.165) is 5.56 Å². The van der Waals surface area contributed by atoms with Gasteiger partial charge in [0.1, 0.15) is 0 Å². The Kier molecular flexibility index (Phi) is 3.43. The number of furan rings is 1. The summed E-state index contributed by atoms with van der Waals surface area (Å²) >= 11 is 0. The Morgan fingerprint density at radius 1 is 1.50 bits per heavy atom. The third-order valence-corrected chi connectivity index (χ3v) is 3.31. The summed E-state index contributed by atoms with van der Waals surface area (Å²) in [7, 11) is 1.38. The van der Waals surface area contributed by atoms with E-state index in [1.54, 1.807) is 12.5 Å². The van der Waals surface area contributed by atoms with Crippen molar-refractivity contribution in [2.75, 3.05) is 7.11 Å². The molecule has 0 spiro atoms. The molecule has 1 aromatic rings. The zero-order chi connectivity index (χ0) is 12.4. The minimum atomic E-state index is -0.551. The Balaban J connectivity index is 3.09. The highest BCUT2D eigenvalue weighted by molar-refractivity contribution is 5.71. The molecule has 0 aliphatic carbocycles. The lowest BCUT2D eigenvalue weighted by Gasteiger charge is -2.40. The molecule has 1 heterocycles. The maximum atomic E-state index is 11.5. The Morgan fingerprint density at radius 3 is 2.50 bits per heavy atom. The van der Waals surface area contributed by atoms with Crippen molar-refractivity contribution in [1.29, 1.82) is 0 Å². The number of rotatable bonds is 4. The molecule has 0 aliphatic rings. The molecule has 1 rings (SSSR count).